The third-order valence-electron chi connectivity index (χ3n) is 1.65. The monoisotopic (exact) mass is 203 g/mol. The zero-order valence-corrected chi connectivity index (χ0v) is 8.21. The van der Waals surface area contributed by atoms with E-state index in [1.165, 1.54) is 4.68 Å². The van der Waals surface area contributed by atoms with Gasteiger partial charge in [0.25, 0.3) is 0 Å². The summed E-state index contributed by atoms with van der Waals surface area (Å²) < 4.78 is 1.45. The van der Waals surface area contributed by atoms with Gasteiger partial charge in [-0.05, 0) is 13.3 Å². The SMILES string of the molecule is CCCn1nc(C)c([N+](=O)[O-])c1Cl. The first-order valence-electron chi connectivity index (χ1n) is 3.95. The van der Waals surface area contributed by atoms with E-state index in [0.717, 1.165) is 6.42 Å². The van der Waals surface area contributed by atoms with Crippen molar-refractivity contribution in [3.8, 4) is 0 Å². The molecule has 1 aromatic rings. The highest BCUT2D eigenvalue weighted by molar-refractivity contribution is 6.31. The van der Waals surface area contributed by atoms with Gasteiger partial charge in [0.2, 0.25) is 5.15 Å². The van der Waals surface area contributed by atoms with Gasteiger partial charge in [0.1, 0.15) is 5.69 Å². The molecular formula is C7H10ClN3O2. The molecule has 1 heterocycles. The quantitative estimate of drug-likeness (QED) is 0.559. The Morgan fingerprint density at radius 2 is 2.31 bits per heavy atom. The molecule has 0 aliphatic rings. The molecule has 13 heavy (non-hydrogen) atoms. The minimum atomic E-state index is -0.503. The van der Waals surface area contributed by atoms with Crippen LogP contribution < -0.4 is 0 Å². The zero-order valence-electron chi connectivity index (χ0n) is 7.45. The van der Waals surface area contributed by atoms with Crippen LogP contribution in [0, 0.1) is 17.0 Å². The summed E-state index contributed by atoms with van der Waals surface area (Å²) in [5, 5.41) is 14.6. The number of hydrogen-bond acceptors (Lipinski definition) is 3. The highest BCUT2D eigenvalue weighted by Crippen LogP contribution is 2.27. The van der Waals surface area contributed by atoms with Crippen molar-refractivity contribution in [2.24, 2.45) is 0 Å². The molecule has 0 spiro atoms. The van der Waals surface area contributed by atoms with Gasteiger partial charge in [-0.25, -0.2) is 4.68 Å². The molecule has 72 valence electrons. The molecule has 0 saturated heterocycles. The zero-order chi connectivity index (χ0) is 10.0. The van der Waals surface area contributed by atoms with E-state index in [1.54, 1.807) is 6.92 Å². The van der Waals surface area contributed by atoms with Crippen LogP contribution in [0.4, 0.5) is 5.69 Å². The van der Waals surface area contributed by atoms with E-state index in [4.69, 9.17) is 11.6 Å². The number of nitrogens with zero attached hydrogens (tertiary/aromatic N) is 3. The maximum absolute atomic E-state index is 10.5. The van der Waals surface area contributed by atoms with Crippen molar-refractivity contribution >= 4 is 17.3 Å². The van der Waals surface area contributed by atoms with Gasteiger partial charge in [-0.2, -0.15) is 5.10 Å². The van der Waals surface area contributed by atoms with Crippen molar-refractivity contribution in [3.05, 3.63) is 21.0 Å². The predicted molar refractivity (Wildman–Crippen MR) is 48.9 cm³/mol. The summed E-state index contributed by atoms with van der Waals surface area (Å²) in [5.41, 5.74) is 0.276. The van der Waals surface area contributed by atoms with Gasteiger partial charge in [0, 0.05) is 6.54 Å². The molecule has 0 unspecified atom stereocenters. The standard InChI is InChI=1S/C7H10ClN3O2/c1-3-4-10-7(8)6(11(12)13)5(2)9-10/h3-4H2,1-2H3. The number of hydrogen-bond donors (Lipinski definition) is 0. The van der Waals surface area contributed by atoms with E-state index >= 15 is 0 Å². The summed E-state index contributed by atoms with van der Waals surface area (Å²) in [6.45, 7) is 4.14. The van der Waals surface area contributed by atoms with Crippen LogP contribution in [-0.2, 0) is 6.54 Å². The van der Waals surface area contributed by atoms with Crippen molar-refractivity contribution in [1.29, 1.82) is 0 Å². The molecule has 0 atom stereocenters. The third kappa shape index (κ3) is 1.80. The first kappa shape index (κ1) is 9.98. The first-order valence-corrected chi connectivity index (χ1v) is 4.33. The lowest BCUT2D eigenvalue weighted by Gasteiger charge is -1.96. The number of nitro groups is 1. The van der Waals surface area contributed by atoms with Crippen LogP contribution in [0.15, 0.2) is 0 Å². The van der Waals surface area contributed by atoms with Gasteiger partial charge < -0.3 is 0 Å². The second kappa shape index (κ2) is 3.74. The summed E-state index contributed by atoms with van der Waals surface area (Å²) in [6.07, 6.45) is 0.845. The maximum Gasteiger partial charge on any atom is 0.328 e. The largest absolute Gasteiger partial charge is 0.328 e. The van der Waals surface area contributed by atoms with E-state index in [-0.39, 0.29) is 10.8 Å². The second-order valence-corrected chi connectivity index (χ2v) is 3.06. The van der Waals surface area contributed by atoms with Crippen LogP contribution in [0.5, 0.6) is 0 Å². The Morgan fingerprint density at radius 1 is 1.69 bits per heavy atom. The average molecular weight is 204 g/mol. The van der Waals surface area contributed by atoms with Crippen molar-refractivity contribution in [1.82, 2.24) is 9.78 Å². The van der Waals surface area contributed by atoms with Crippen LogP contribution >= 0.6 is 11.6 Å². The fourth-order valence-electron chi connectivity index (χ4n) is 1.11. The summed E-state index contributed by atoms with van der Waals surface area (Å²) >= 11 is 5.76. The van der Waals surface area contributed by atoms with Gasteiger partial charge in [-0.3, -0.25) is 10.1 Å². The second-order valence-electron chi connectivity index (χ2n) is 2.71. The topological polar surface area (TPSA) is 61.0 Å². The minimum absolute atomic E-state index is 0.0879. The average Bonchev–Trinajstić information content (AvgIpc) is 2.28. The van der Waals surface area contributed by atoms with Crippen molar-refractivity contribution in [2.45, 2.75) is 26.8 Å². The molecule has 0 fully saturated rings. The molecule has 1 rings (SSSR count). The molecule has 0 radical (unpaired) electrons. The Labute approximate surface area is 80.5 Å². The van der Waals surface area contributed by atoms with Crippen LogP contribution in [0.2, 0.25) is 5.15 Å². The molecule has 0 saturated carbocycles. The lowest BCUT2D eigenvalue weighted by molar-refractivity contribution is -0.385. The Morgan fingerprint density at radius 3 is 2.69 bits per heavy atom. The van der Waals surface area contributed by atoms with Crippen molar-refractivity contribution < 1.29 is 4.92 Å². The maximum atomic E-state index is 10.5. The molecular weight excluding hydrogens is 194 g/mol. The molecule has 0 amide bonds. The van der Waals surface area contributed by atoms with E-state index in [2.05, 4.69) is 5.10 Å². The van der Waals surface area contributed by atoms with E-state index < -0.39 is 4.92 Å². The third-order valence-corrected chi connectivity index (χ3v) is 2.03. The number of halogens is 1. The Bertz CT molecular complexity index is 335. The normalized spacial score (nSPS) is 10.4. The Balaban J connectivity index is 3.14. The lowest BCUT2D eigenvalue weighted by atomic mass is 10.4. The predicted octanol–water partition coefficient (Wildman–Crippen LogP) is 2.16. The van der Waals surface area contributed by atoms with Gasteiger partial charge in [-0.15, -0.1) is 0 Å². The van der Waals surface area contributed by atoms with Crippen LogP contribution in [0.3, 0.4) is 0 Å². The number of aryl methyl sites for hydroxylation is 2. The Hall–Kier alpha value is -1.10. The highest BCUT2D eigenvalue weighted by Gasteiger charge is 2.22. The first-order chi connectivity index (χ1) is 6.07. The molecule has 0 bridgehead atoms. The van der Waals surface area contributed by atoms with E-state index in [9.17, 15) is 10.1 Å². The molecule has 0 N–H and O–H groups in total. The summed E-state index contributed by atoms with van der Waals surface area (Å²) in [4.78, 5) is 10.0. The smallest absolute Gasteiger partial charge is 0.258 e. The number of rotatable bonds is 3. The van der Waals surface area contributed by atoms with E-state index in [1.807, 2.05) is 6.92 Å². The van der Waals surface area contributed by atoms with Gasteiger partial charge >= 0.3 is 5.69 Å². The molecule has 6 heteroatoms. The lowest BCUT2D eigenvalue weighted by Crippen LogP contribution is -1.98. The van der Waals surface area contributed by atoms with Crippen LogP contribution in [0.1, 0.15) is 19.0 Å². The summed E-state index contributed by atoms with van der Waals surface area (Å²) in [6, 6.07) is 0. The van der Waals surface area contributed by atoms with Crippen molar-refractivity contribution in [2.75, 3.05) is 0 Å². The van der Waals surface area contributed by atoms with Crippen molar-refractivity contribution in [3.63, 3.8) is 0 Å². The molecule has 0 aliphatic carbocycles. The summed E-state index contributed by atoms with van der Waals surface area (Å²) in [5.74, 6) is 0. The minimum Gasteiger partial charge on any atom is -0.258 e. The van der Waals surface area contributed by atoms with E-state index in [0.29, 0.717) is 12.2 Å². The Kier molecular flexibility index (Phi) is 2.87. The fourth-order valence-corrected chi connectivity index (χ4v) is 1.44. The van der Waals surface area contributed by atoms with Crippen LogP contribution in [0.25, 0.3) is 0 Å². The summed E-state index contributed by atoms with van der Waals surface area (Å²) in [7, 11) is 0. The van der Waals surface area contributed by atoms with Gasteiger partial charge in [0.05, 0.1) is 4.92 Å². The van der Waals surface area contributed by atoms with Gasteiger partial charge in [0.15, 0.2) is 0 Å². The highest BCUT2D eigenvalue weighted by atomic mass is 35.5. The molecule has 0 aliphatic heterocycles. The fraction of sp³-hybridized carbons (Fsp3) is 0.571. The molecule has 0 aromatic carbocycles. The molecule has 5 nitrogen and oxygen atoms in total. The molecule has 1 aromatic heterocycles. The van der Waals surface area contributed by atoms with Gasteiger partial charge in [-0.1, -0.05) is 18.5 Å². The number of aromatic nitrogens is 2. The van der Waals surface area contributed by atoms with Crippen LogP contribution in [-0.4, -0.2) is 14.7 Å².